The Hall–Kier alpha value is -3.65. The first-order valence-electron chi connectivity index (χ1n) is 12.1. The summed E-state index contributed by atoms with van der Waals surface area (Å²) in [6.45, 7) is 3.67. The molecule has 0 unspecified atom stereocenters. The molecule has 8 nitrogen and oxygen atoms in total. The zero-order chi connectivity index (χ0) is 29.4. The first-order valence-corrected chi connectivity index (χ1v) is 12.9. The van der Waals surface area contributed by atoms with Gasteiger partial charge in [-0.1, -0.05) is 17.4 Å². The van der Waals surface area contributed by atoms with Crippen molar-refractivity contribution in [3.05, 3.63) is 65.1 Å². The van der Waals surface area contributed by atoms with Gasteiger partial charge in [0, 0.05) is 19.2 Å². The highest BCUT2D eigenvalue weighted by Crippen LogP contribution is 2.41. The Bertz CT molecular complexity index is 1430. The van der Waals surface area contributed by atoms with Crippen molar-refractivity contribution in [3.63, 3.8) is 0 Å². The lowest BCUT2D eigenvalue weighted by Gasteiger charge is -2.27. The van der Waals surface area contributed by atoms with Crippen molar-refractivity contribution >= 4 is 28.4 Å². The number of alkyl halides is 3. The lowest BCUT2D eigenvalue weighted by atomic mass is 9.87. The van der Waals surface area contributed by atoms with E-state index in [0.29, 0.717) is 21.7 Å². The maximum atomic E-state index is 13.5. The predicted molar refractivity (Wildman–Crippen MR) is 137 cm³/mol. The molecule has 4 rings (SSSR count). The van der Waals surface area contributed by atoms with E-state index in [1.54, 1.807) is 13.0 Å². The van der Waals surface area contributed by atoms with Crippen LogP contribution in [-0.4, -0.2) is 51.7 Å². The number of thiazole rings is 1. The molecule has 3 heterocycles. The molecule has 2 aromatic heterocycles. The van der Waals surface area contributed by atoms with E-state index in [1.807, 2.05) is 0 Å². The fourth-order valence-electron chi connectivity index (χ4n) is 4.20. The second-order valence-electron chi connectivity index (χ2n) is 9.90. The maximum absolute atomic E-state index is 13.5. The molecule has 40 heavy (non-hydrogen) atoms. The average molecular weight is 584 g/mol. The summed E-state index contributed by atoms with van der Waals surface area (Å²) >= 11 is 1.05. The first kappa shape index (κ1) is 29.3. The van der Waals surface area contributed by atoms with Gasteiger partial charge < -0.3 is 15.4 Å². The highest BCUT2D eigenvalue weighted by molar-refractivity contribution is 7.19. The van der Waals surface area contributed by atoms with Crippen LogP contribution >= 0.6 is 11.3 Å². The molecule has 0 saturated carbocycles. The minimum absolute atomic E-state index is 0.000566. The number of primary amides is 1. The van der Waals surface area contributed by atoms with Crippen LogP contribution in [0.2, 0.25) is 0 Å². The van der Waals surface area contributed by atoms with E-state index in [4.69, 9.17) is 10.5 Å². The number of nitrogens with one attached hydrogen (secondary N) is 1. The molecule has 0 bridgehead atoms. The van der Waals surface area contributed by atoms with Crippen LogP contribution in [0.15, 0.2) is 36.5 Å². The Morgan fingerprint density at radius 1 is 1.18 bits per heavy atom. The van der Waals surface area contributed by atoms with Crippen LogP contribution in [0.5, 0.6) is 0 Å². The van der Waals surface area contributed by atoms with Crippen molar-refractivity contribution in [1.82, 2.24) is 14.9 Å². The van der Waals surface area contributed by atoms with Gasteiger partial charge in [0.05, 0.1) is 29.0 Å². The van der Waals surface area contributed by atoms with Crippen molar-refractivity contribution < 1.29 is 36.3 Å². The molecular formula is C26H26F5N5O3S. The Morgan fingerprint density at radius 2 is 1.90 bits per heavy atom. The van der Waals surface area contributed by atoms with Gasteiger partial charge in [-0.05, 0) is 56.2 Å². The van der Waals surface area contributed by atoms with Crippen LogP contribution in [0, 0.1) is 18.6 Å². The van der Waals surface area contributed by atoms with Gasteiger partial charge in [0.2, 0.25) is 5.91 Å². The van der Waals surface area contributed by atoms with Gasteiger partial charge in [-0.25, -0.2) is 18.6 Å². The molecule has 0 aliphatic carbocycles. The Balaban J connectivity index is 1.47. The molecule has 0 spiro atoms. The minimum Gasteiger partial charge on any atom is -0.372 e. The summed E-state index contributed by atoms with van der Waals surface area (Å²) < 4.78 is 73.0. The summed E-state index contributed by atoms with van der Waals surface area (Å²) in [6, 6.07) is 4.58. The number of carbonyl (C=O) groups is 2. The third-order valence-corrected chi connectivity index (χ3v) is 7.83. The maximum Gasteiger partial charge on any atom is 0.399 e. The number of aromatic nitrogens is 2. The zero-order valence-electron chi connectivity index (χ0n) is 21.7. The number of hydrogen-bond donors (Lipinski definition) is 2. The van der Waals surface area contributed by atoms with Gasteiger partial charge in [0.25, 0.3) is 0 Å². The van der Waals surface area contributed by atoms with Gasteiger partial charge in [-0.3, -0.25) is 15.1 Å². The second kappa shape index (κ2) is 11.1. The number of nitrogens with zero attached hydrogens (tertiary/aromatic N) is 3. The van der Waals surface area contributed by atoms with Crippen LogP contribution in [0.3, 0.4) is 0 Å². The highest BCUT2D eigenvalue weighted by atomic mass is 32.1. The van der Waals surface area contributed by atoms with E-state index in [2.05, 4.69) is 15.3 Å². The quantitative estimate of drug-likeness (QED) is 0.367. The SMILES string of the molecule is Cc1nc(NC(=O)N2C[C@H](OCc3ccc(F)c(F)c3)C[C@H]2C(N)=O)sc1-c1ccnc(C(C)(C)C(F)(F)F)c1. The van der Waals surface area contributed by atoms with E-state index in [0.717, 1.165) is 37.3 Å². The molecule has 1 aliphatic heterocycles. The lowest BCUT2D eigenvalue weighted by molar-refractivity contribution is -0.181. The number of rotatable bonds is 7. The number of urea groups is 1. The smallest absolute Gasteiger partial charge is 0.372 e. The molecule has 0 radical (unpaired) electrons. The van der Waals surface area contributed by atoms with Gasteiger partial charge in [0.15, 0.2) is 16.8 Å². The summed E-state index contributed by atoms with van der Waals surface area (Å²) in [7, 11) is 0. The fraction of sp³-hybridized carbons (Fsp3) is 0.385. The van der Waals surface area contributed by atoms with Crippen molar-refractivity contribution in [2.24, 2.45) is 5.73 Å². The summed E-state index contributed by atoms with van der Waals surface area (Å²) in [5.74, 6) is -2.76. The Kier molecular flexibility index (Phi) is 8.13. The molecule has 3 N–H and O–H groups in total. The Labute approximate surface area is 230 Å². The molecular weight excluding hydrogens is 557 g/mol. The predicted octanol–water partition coefficient (Wildman–Crippen LogP) is 5.31. The van der Waals surface area contributed by atoms with Crippen LogP contribution in [0.25, 0.3) is 10.4 Å². The number of likely N-dealkylation sites (tertiary alicyclic amines) is 1. The number of ether oxygens (including phenoxy) is 1. The summed E-state index contributed by atoms with van der Waals surface area (Å²) in [5.41, 5.74) is 4.47. The Morgan fingerprint density at radius 3 is 2.55 bits per heavy atom. The second-order valence-corrected chi connectivity index (χ2v) is 10.9. The summed E-state index contributed by atoms with van der Waals surface area (Å²) in [4.78, 5) is 35.1. The average Bonchev–Trinajstić information content (AvgIpc) is 3.48. The molecule has 214 valence electrons. The molecule has 1 aromatic carbocycles. The highest BCUT2D eigenvalue weighted by Gasteiger charge is 2.49. The molecule has 3 aromatic rings. The number of benzene rings is 1. The third-order valence-electron chi connectivity index (χ3n) is 6.70. The van der Waals surface area contributed by atoms with Crippen molar-refractivity contribution in [2.45, 2.75) is 57.5 Å². The van der Waals surface area contributed by atoms with Crippen molar-refractivity contribution in [3.8, 4) is 10.4 Å². The number of anilines is 1. The molecule has 2 atom stereocenters. The molecule has 1 fully saturated rings. The van der Waals surface area contributed by atoms with E-state index in [9.17, 15) is 31.5 Å². The molecule has 14 heteroatoms. The number of aryl methyl sites for hydroxylation is 1. The van der Waals surface area contributed by atoms with Gasteiger partial charge >= 0.3 is 12.2 Å². The molecule has 1 saturated heterocycles. The van der Waals surface area contributed by atoms with Crippen LogP contribution in [0.1, 0.15) is 37.2 Å². The summed E-state index contributed by atoms with van der Waals surface area (Å²) in [5, 5.41) is 2.79. The number of carbonyl (C=O) groups excluding carboxylic acids is 2. The molecule has 3 amide bonds. The van der Waals surface area contributed by atoms with Crippen LogP contribution in [0.4, 0.5) is 31.9 Å². The standard InChI is InChI=1S/C26H26F5N5O3S/c1-13-21(15-6-7-33-20(9-15)25(2,3)26(29,30)31)40-23(34-13)35-24(38)36-11-16(10-19(36)22(32)37)39-12-14-4-5-17(27)18(28)8-14/h4-9,16,19H,10-12H2,1-3H3,(H2,32,37)(H,34,35,38)/t16-,19+/m1/s1. The van der Waals surface area contributed by atoms with Crippen molar-refractivity contribution in [2.75, 3.05) is 11.9 Å². The van der Waals surface area contributed by atoms with Gasteiger partial charge in [-0.2, -0.15) is 13.2 Å². The fourth-order valence-corrected chi connectivity index (χ4v) is 5.15. The lowest BCUT2D eigenvalue weighted by Crippen LogP contribution is -2.45. The van der Waals surface area contributed by atoms with E-state index in [-0.39, 0.29) is 30.4 Å². The largest absolute Gasteiger partial charge is 0.399 e. The normalized spacial score (nSPS) is 17.8. The van der Waals surface area contributed by atoms with Gasteiger partial charge in [-0.15, -0.1) is 0 Å². The summed E-state index contributed by atoms with van der Waals surface area (Å²) in [6.07, 6.45) is -3.72. The number of amides is 3. The topological polar surface area (TPSA) is 110 Å². The first-order chi connectivity index (χ1) is 18.7. The van der Waals surface area contributed by atoms with Gasteiger partial charge in [0.1, 0.15) is 11.5 Å². The zero-order valence-corrected chi connectivity index (χ0v) is 22.5. The minimum atomic E-state index is -4.51. The number of hydrogen-bond acceptors (Lipinski definition) is 6. The van der Waals surface area contributed by atoms with E-state index >= 15 is 0 Å². The van der Waals surface area contributed by atoms with E-state index in [1.165, 1.54) is 23.2 Å². The van der Waals surface area contributed by atoms with Crippen LogP contribution < -0.4 is 11.1 Å². The number of halogens is 5. The number of nitrogens with two attached hydrogens (primary N) is 1. The third kappa shape index (κ3) is 6.07. The molecule has 1 aliphatic rings. The monoisotopic (exact) mass is 583 g/mol. The van der Waals surface area contributed by atoms with E-state index < -0.39 is 47.3 Å². The van der Waals surface area contributed by atoms with Crippen LogP contribution in [-0.2, 0) is 21.6 Å². The number of pyridine rings is 1. The van der Waals surface area contributed by atoms with Crippen molar-refractivity contribution in [1.29, 1.82) is 0 Å².